The van der Waals surface area contributed by atoms with Crippen molar-refractivity contribution < 1.29 is 9.90 Å². The molecule has 0 saturated carbocycles. The van der Waals surface area contributed by atoms with Crippen molar-refractivity contribution >= 4 is 11.6 Å². The van der Waals surface area contributed by atoms with Gasteiger partial charge in [-0.2, -0.15) is 0 Å². The molecule has 0 aromatic heterocycles. The fraction of sp³-hybridized carbons (Fsp3) is 0.417. The van der Waals surface area contributed by atoms with Crippen LogP contribution in [-0.2, 0) is 11.2 Å². The summed E-state index contributed by atoms with van der Waals surface area (Å²) in [6.07, 6.45) is 1.28. The minimum absolute atomic E-state index is 0.0670. The summed E-state index contributed by atoms with van der Waals surface area (Å²) in [6.45, 7) is 3.26. The smallest absolute Gasteiger partial charge is 0.221 e. The first kappa shape index (κ1) is 11.7. The van der Waals surface area contributed by atoms with E-state index in [1.54, 1.807) is 6.92 Å². The molecule has 0 saturated heterocycles. The Bertz CT molecular complexity index is 334. The monoisotopic (exact) mass is 207 g/mol. The molecule has 2 N–H and O–H groups in total. The molecule has 1 amide bonds. The summed E-state index contributed by atoms with van der Waals surface area (Å²) >= 11 is 0. The van der Waals surface area contributed by atoms with Crippen LogP contribution in [0.3, 0.4) is 0 Å². The molecule has 0 aliphatic carbocycles. The van der Waals surface area contributed by atoms with Gasteiger partial charge in [-0.3, -0.25) is 4.79 Å². The molecule has 82 valence electrons. The predicted molar refractivity (Wildman–Crippen MR) is 60.7 cm³/mol. The SMILES string of the molecule is CC(=O)Nc1cccc(CCC(C)O)c1. The number of aliphatic hydroxyl groups is 1. The van der Waals surface area contributed by atoms with Crippen molar-refractivity contribution in [1.29, 1.82) is 0 Å². The third-order valence-corrected chi connectivity index (χ3v) is 2.10. The molecule has 1 aromatic rings. The van der Waals surface area contributed by atoms with E-state index in [1.807, 2.05) is 24.3 Å². The van der Waals surface area contributed by atoms with Crippen LogP contribution in [0.2, 0.25) is 0 Å². The Labute approximate surface area is 90.1 Å². The lowest BCUT2D eigenvalue weighted by atomic mass is 10.1. The molecule has 1 rings (SSSR count). The third-order valence-electron chi connectivity index (χ3n) is 2.10. The normalized spacial score (nSPS) is 12.2. The highest BCUT2D eigenvalue weighted by Gasteiger charge is 2.00. The summed E-state index contributed by atoms with van der Waals surface area (Å²) in [7, 11) is 0. The van der Waals surface area contributed by atoms with Gasteiger partial charge in [0.2, 0.25) is 5.91 Å². The second-order valence-electron chi connectivity index (χ2n) is 3.77. The van der Waals surface area contributed by atoms with Crippen LogP contribution in [0.15, 0.2) is 24.3 Å². The van der Waals surface area contributed by atoms with E-state index in [0.717, 1.165) is 24.1 Å². The number of aliphatic hydroxyl groups excluding tert-OH is 1. The molecule has 0 bridgehead atoms. The highest BCUT2D eigenvalue weighted by molar-refractivity contribution is 5.88. The van der Waals surface area contributed by atoms with Gasteiger partial charge in [-0.25, -0.2) is 0 Å². The molecule has 15 heavy (non-hydrogen) atoms. The molecular weight excluding hydrogens is 190 g/mol. The van der Waals surface area contributed by atoms with Crippen LogP contribution in [0, 0.1) is 0 Å². The number of benzene rings is 1. The molecule has 0 spiro atoms. The quantitative estimate of drug-likeness (QED) is 0.793. The van der Waals surface area contributed by atoms with Gasteiger partial charge in [0, 0.05) is 12.6 Å². The highest BCUT2D eigenvalue weighted by Crippen LogP contribution is 2.12. The van der Waals surface area contributed by atoms with Crippen LogP contribution in [0.1, 0.15) is 25.8 Å². The average molecular weight is 207 g/mol. The first-order chi connectivity index (χ1) is 7.08. The molecule has 3 nitrogen and oxygen atoms in total. The molecule has 1 unspecified atom stereocenters. The second-order valence-corrected chi connectivity index (χ2v) is 3.77. The maximum atomic E-state index is 10.8. The molecule has 1 atom stereocenters. The highest BCUT2D eigenvalue weighted by atomic mass is 16.3. The molecule has 3 heteroatoms. The van der Waals surface area contributed by atoms with Gasteiger partial charge in [0.05, 0.1) is 6.10 Å². The molecule has 0 fully saturated rings. The largest absolute Gasteiger partial charge is 0.393 e. The maximum absolute atomic E-state index is 10.8. The van der Waals surface area contributed by atoms with Gasteiger partial charge in [0.15, 0.2) is 0 Å². The zero-order chi connectivity index (χ0) is 11.3. The zero-order valence-electron chi connectivity index (χ0n) is 9.16. The summed E-state index contributed by atoms with van der Waals surface area (Å²) in [5, 5.41) is 11.9. The van der Waals surface area contributed by atoms with Gasteiger partial charge in [-0.1, -0.05) is 12.1 Å². The number of hydrogen-bond acceptors (Lipinski definition) is 2. The Kier molecular flexibility index (Phi) is 4.31. The molecule has 0 aliphatic heterocycles. The number of aryl methyl sites for hydroxylation is 1. The van der Waals surface area contributed by atoms with E-state index >= 15 is 0 Å². The van der Waals surface area contributed by atoms with Crippen molar-refractivity contribution in [1.82, 2.24) is 0 Å². The van der Waals surface area contributed by atoms with Crippen molar-refractivity contribution in [2.45, 2.75) is 32.8 Å². The Morgan fingerprint density at radius 3 is 2.87 bits per heavy atom. The van der Waals surface area contributed by atoms with Crippen molar-refractivity contribution in [3.05, 3.63) is 29.8 Å². The minimum atomic E-state index is -0.283. The van der Waals surface area contributed by atoms with Crippen LogP contribution in [-0.4, -0.2) is 17.1 Å². The summed E-state index contributed by atoms with van der Waals surface area (Å²) in [6, 6.07) is 7.69. The van der Waals surface area contributed by atoms with E-state index in [1.165, 1.54) is 6.92 Å². The zero-order valence-corrected chi connectivity index (χ0v) is 9.16. The van der Waals surface area contributed by atoms with Gasteiger partial charge >= 0.3 is 0 Å². The van der Waals surface area contributed by atoms with E-state index in [9.17, 15) is 4.79 Å². The van der Waals surface area contributed by atoms with E-state index in [-0.39, 0.29) is 12.0 Å². The Hall–Kier alpha value is -1.35. The van der Waals surface area contributed by atoms with Crippen LogP contribution in [0.4, 0.5) is 5.69 Å². The van der Waals surface area contributed by atoms with Gasteiger partial charge in [-0.15, -0.1) is 0 Å². The van der Waals surface area contributed by atoms with E-state index < -0.39 is 0 Å². The first-order valence-corrected chi connectivity index (χ1v) is 5.12. The topological polar surface area (TPSA) is 49.3 Å². The molecular formula is C12H17NO2. The second kappa shape index (κ2) is 5.51. The number of hydrogen-bond donors (Lipinski definition) is 2. The van der Waals surface area contributed by atoms with Crippen molar-refractivity contribution in [2.75, 3.05) is 5.32 Å². The predicted octanol–water partition coefficient (Wildman–Crippen LogP) is 1.96. The lowest BCUT2D eigenvalue weighted by Gasteiger charge is -2.07. The van der Waals surface area contributed by atoms with Gasteiger partial charge in [0.25, 0.3) is 0 Å². The fourth-order valence-corrected chi connectivity index (χ4v) is 1.38. The lowest BCUT2D eigenvalue weighted by molar-refractivity contribution is -0.114. The van der Waals surface area contributed by atoms with Crippen molar-refractivity contribution in [2.24, 2.45) is 0 Å². The van der Waals surface area contributed by atoms with Crippen molar-refractivity contribution in [3.8, 4) is 0 Å². The summed E-state index contributed by atoms with van der Waals surface area (Å²) in [4.78, 5) is 10.8. The number of amides is 1. The molecule has 1 aromatic carbocycles. The minimum Gasteiger partial charge on any atom is -0.393 e. The van der Waals surface area contributed by atoms with Crippen LogP contribution in [0.25, 0.3) is 0 Å². The van der Waals surface area contributed by atoms with Crippen LogP contribution in [0.5, 0.6) is 0 Å². The van der Waals surface area contributed by atoms with E-state index in [0.29, 0.717) is 0 Å². The number of anilines is 1. The van der Waals surface area contributed by atoms with Crippen LogP contribution < -0.4 is 5.32 Å². The standard InChI is InChI=1S/C12H17NO2/c1-9(14)6-7-11-4-3-5-12(8-11)13-10(2)15/h3-5,8-9,14H,6-7H2,1-2H3,(H,13,15). The average Bonchev–Trinajstić information content (AvgIpc) is 2.14. The number of carbonyl (C=O) groups is 1. The number of nitrogens with one attached hydrogen (secondary N) is 1. The molecule has 0 aliphatic rings. The fourth-order valence-electron chi connectivity index (χ4n) is 1.38. The summed E-state index contributed by atoms with van der Waals surface area (Å²) < 4.78 is 0. The molecule has 0 radical (unpaired) electrons. The van der Waals surface area contributed by atoms with Gasteiger partial charge < -0.3 is 10.4 Å². The van der Waals surface area contributed by atoms with Gasteiger partial charge in [0.1, 0.15) is 0 Å². The molecule has 0 heterocycles. The third kappa shape index (κ3) is 4.61. The van der Waals surface area contributed by atoms with Crippen LogP contribution >= 0.6 is 0 Å². The van der Waals surface area contributed by atoms with E-state index in [4.69, 9.17) is 5.11 Å². The van der Waals surface area contributed by atoms with E-state index in [2.05, 4.69) is 5.32 Å². The maximum Gasteiger partial charge on any atom is 0.221 e. The first-order valence-electron chi connectivity index (χ1n) is 5.12. The summed E-state index contributed by atoms with van der Waals surface area (Å²) in [5.74, 6) is -0.0670. The summed E-state index contributed by atoms with van der Waals surface area (Å²) in [5.41, 5.74) is 1.94. The number of carbonyl (C=O) groups excluding carboxylic acids is 1. The Morgan fingerprint density at radius 1 is 1.53 bits per heavy atom. The van der Waals surface area contributed by atoms with Crippen molar-refractivity contribution in [3.63, 3.8) is 0 Å². The lowest BCUT2D eigenvalue weighted by Crippen LogP contribution is -2.06. The Morgan fingerprint density at radius 2 is 2.27 bits per heavy atom. The van der Waals surface area contributed by atoms with Gasteiger partial charge in [-0.05, 0) is 37.5 Å². The number of rotatable bonds is 4. The Balaban J connectivity index is 2.61.